The van der Waals surface area contributed by atoms with Crippen molar-refractivity contribution in [3.05, 3.63) is 65.2 Å². The van der Waals surface area contributed by atoms with Crippen molar-refractivity contribution in [1.29, 1.82) is 0 Å². The minimum absolute atomic E-state index is 0.783. The van der Waals surface area contributed by atoms with Gasteiger partial charge in [0.1, 0.15) is 5.75 Å². The number of benzene rings is 2. The fraction of sp³-hybridized carbons (Fsp3) is 0.417. The highest BCUT2D eigenvalue weighted by Crippen LogP contribution is 2.13. The lowest BCUT2D eigenvalue weighted by molar-refractivity contribution is 0.309. The van der Waals surface area contributed by atoms with E-state index in [0.717, 1.165) is 48.7 Å². The molecule has 0 aliphatic rings. The first kappa shape index (κ1) is 19.1. The first-order chi connectivity index (χ1) is 12.2. The molecule has 1 heteroatoms. The summed E-state index contributed by atoms with van der Waals surface area (Å²) in [6, 6.07) is 16.7. The number of hydrogen-bond acceptors (Lipinski definition) is 1. The third-order valence-electron chi connectivity index (χ3n) is 4.17. The summed E-state index contributed by atoms with van der Waals surface area (Å²) in [7, 11) is 0. The lowest BCUT2D eigenvalue weighted by Crippen LogP contribution is -1.95. The number of hydrogen-bond donors (Lipinski definition) is 0. The third-order valence-corrected chi connectivity index (χ3v) is 4.17. The van der Waals surface area contributed by atoms with Crippen LogP contribution in [0.5, 0.6) is 5.75 Å². The maximum absolute atomic E-state index is 5.68. The highest BCUT2D eigenvalue weighted by atomic mass is 16.5. The lowest BCUT2D eigenvalue weighted by atomic mass is 10.0. The van der Waals surface area contributed by atoms with Crippen molar-refractivity contribution in [2.75, 3.05) is 6.61 Å². The van der Waals surface area contributed by atoms with E-state index in [2.05, 4.69) is 56.9 Å². The number of unbranched alkanes of at least 4 members (excludes halogenated alkanes) is 1. The second kappa shape index (κ2) is 10.6. The van der Waals surface area contributed by atoms with Gasteiger partial charge in [0.2, 0.25) is 0 Å². The molecular formula is C24H30O. The van der Waals surface area contributed by atoms with Gasteiger partial charge < -0.3 is 4.74 Å². The highest BCUT2D eigenvalue weighted by molar-refractivity contribution is 5.44. The van der Waals surface area contributed by atoms with Crippen molar-refractivity contribution in [3.63, 3.8) is 0 Å². The molecule has 0 heterocycles. The summed E-state index contributed by atoms with van der Waals surface area (Å²) in [5, 5.41) is 0. The van der Waals surface area contributed by atoms with Gasteiger partial charge in [0.05, 0.1) is 6.61 Å². The molecule has 2 aromatic carbocycles. The minimum Gasteiger partial charge on any atom is -0.494 e. The van der Waals surface area contributed by atoms with Crippen LogP contribution in [-0.2, 0) is 6.42 Å². The second-order valence-electron chi connectivity index (χ2n) is 6.96. The molecule has 0 radical (unpaired) electrons. The molecule has 2 rings (SSSR count). The fourth-order valence-corrected chi connectivity index (χ4v) is 2.58. The molecule has 0 unspecified atom stereocenters. The second-order valence-corrected chi connectivity index (χ2v) is 6.96. The first-order valence-corrected chi connectivity index (χ1v) is 9.51. The van der Waals surface area contributed by atoms with Gasteiger partial charge in [0.15, 0.2) is 0 Å². The van der Waals surface area contributed by atoms with Gasteiger partial charge in [-0.1, -0.05) is 57.6 Å². The molecule has 0 fully saturated rings. The predicted molar refractivity (Wildman–Crippen MR) is 107 cm³/mol. The first-order valence-electron chi connectivity index (χ1n) is 9.51. The molecule has 0 aliphatic carbocycles. The molecule has 25 heavy (non-hydrogen) atoms. The van der Waals surface area contributed by atoms with Crippen molar-refractivity contribution in [3.8, 4) is 17.6 Å². The fourth-order valence-electron chi connectivity index (χ4n) is 2.58. The van der Waals surface area contributed by atoms with Crippen LogP contribution in [0.4, 0.5) is 0 Å². The molecule has 0 amide bonds. The van der Waals surface area contributed by atoms with E-state index in [-0.39, 0.29) is 0 Å². The van der Waals surface area contributed by atoms with Crippen LogP contribution in [0.25, 0.3) is 0 Å². The summed E-state index contributed by atoms with van der Waals surface area (Å²) in [4.78, 5) is 0. The van der Waals surface area contributed by atoms with E-state index in [0.29, 0.717) is 0 Å². The van der Waals surface area contributed by atoms with Crippen LogP contribution < -0.4 is 4.74 Å². The Balaban J connectivity index is 1.87. The van der Waals surface area contributed by atoms with Crippen molar-refractivity contribution in [2.24, 2.45) is 5.92 Å². The molecular weight excluding hydrogens is 304 g/mol. The largest absolute Gasteiger partial charge is 0.494 e. The molecule has 0 saturated heterocycles. The number of ether oxygens (including phenoxy) is 1. The van der Waals surface area contributed by atoms with E-state index >= 15 is 0 Å². The summed E-state index contributed by atoms with van der Waals surface area (Å²) in [6.07, 6.45) is 5.95. The maximum atomic E-state index is 5.68. The Morgan fingerprint density at radius 3 is 2.00 bits per heavy atom. The van der Waals surface area contributed by atoms with Crippen LogP contribution in [0, 0.1) is 17.8 Å². The zero-order valence-corrected chi connectivity index (χ0v) is 15.8. The summed E-state index contributed by atoms with van der Waals surface area (Å²) in [6.45, 7) is 7.51. The molecule has 1 nitrogen and oxygen atoms in total. The maximum Gasteiger partial charge on any atom is 0.119 e. The van der Waals surface area contributed by atoms with Crippen molar-refractivity contribution >= 4 is 0 Å². The zero-order chi connectivity index (χ0) is 17.9. The molecule has 0 saturated carbocycles. The van der Waals surface area contributed by atoms with Crippen molar-refractivity contribution < 1.29 is 4.74 Å². The van der Waals surface area contributed by atoms with Crippen LogP contribution in [0.2, 0.25) is 0 Å². The molecule has 0 N–H and O–H groups in total. The quantitative estimate of drug-likeness (QED) is 0.410. The summed E-state index contributed by atoms with van der Waals surface area (Å²) in [5.74, 6) is 8.18. The molecule has 132 valence electrons. The Morgan fingerprint density at radius 1 is 0.840 bits per heavy atom. The van der Waals surface area contributed by atoms with Gasteiger partial charge in [0.25, 0.3) is 0 Å². The molecule has 0 spiro atoms. The van der Waals surface area contributed by atoms with Crippen LogP contribution >= 0.6 is 0 Å². The Hall–Kier alpha value is -2.20. The lowest BCUT2D eigenvalue weighted by Gasteiger charge is -2.04. The van der Waals surface area contributed by atoms with Gasteiger partial charge in [-0.2, -0.15) is 0 Å². The topological polar surface area (TPSA) is 9.23 Å². The normalized spacial score (nSPS) is 10.4. The van der Waals surface area contributed by atoms with Gasteiger partial charge in [-0.3, -0.25) is 0 Å². The van der Waals surface area contributed by atoms with E-state index in [1.807, 2.05) is 24.3 Å². The third kappa shape index (κ3) is 7.48. The SMILES string of the molecule is CCCCOc1ccc(C#Cc2ccc(CCCC(C)C)cc2)cc1. The molecule has 0 bridgehead atoms. The average molecular weight is 335 g/mol. The van der Waals surface area contributed by atoms with E-state index in [1.54, 1.807) is 0 Å². The summed E-state index contributed by atoms with van der Waals surface area (Å²) >= 11 is 0. The molecule has 2 aromatic rings. The van der Waals surface area contributed by atoms with Crippen LogP contribution in [0.1, 0.15) is 63.1 Å². The van der Waals surface area contributed by atoms with Gasteiger partial charge in [-0.25, -0.2) is 0 Å². The molecule has 0 aromatic heterocycles. The van der Waals surface area contributed by atoms with E-state index in [1.165, 1.54) is 18.4 Å². The van der Waals surface area contributed by atoms with Gasteiger partial charge in [0, 0.05) is 11.1 Å². The van der Waals surface area contributed by atoms with Gasteiger partial charge >= 0.3 is 0 Å². The van der Waals surface area contributed by atoms with E-state index in [9.17, 15) is 0 Å². The molecule has 0 atom stereocenters. The highest BCUT2D eigenvalue weighted by Gasteiger charge is 1.97. The Morgan fingerprint density at radius 2 is 1.44 bits per heavy atom. The average Bonchev–Trinajstić information content (AvgIpc) is 2.62. The van der Waals surface area contributed by atoms with Crippen LogP contribution in [0.15, 0.2) is 48.5 Å². The number of rotatable bonds is 8. The standard InChI is InChI=1S/C24H30O/c1-4-5-19-25-24-17-15-23(16-18-24)14-13-22-11-9-21(10-12-22)8-6-7-20(2)3/h9-12,15-18,20H,4-8,19H2,1-3H3. The minimum atomic E-state index is 0.783. The van der Waals surface area contributed by atoms with Gasteiger partial charge in [-0.15, -0.1) is 0 Å². The summed E-state index contributed by atoms with van der Waals surface area (Å²) < 4.78 is 5.68. The summed E-state index contributed by atoms with van der Waals surface area (Å²) in [5.41, 5.74) is 3.49. The van der Waals surface area contributed by atoms with Crippen LogP contribution in [0.3, 0.4) is 0 Å². The Labute approximate surface area is 153 Å². The Bertz CT molecular complexity index is 669. The molecule has 0 aliphatic heterocycles. The van der Waals surface area contributed by atoms with E-state index < -0.39 is 0 Å². The zero-order valence-electron chi connectivity index (χ0n) is 15.8. The smallest absolute Gasteiger partial charge is 0.119 e. The Kier molecular flexibility index (Phi) is 8.13. The van der Waals surface area contributed by atoms with Gasteiger partial charge in [-0.05, 0) is 67.1 Å². The van der Waals surface area contributed by atoms with Crippen LogP contribution in [-0.4, -0.2) is 6.61 Å². The van der Waals surface area contributed by atoms with E-state index in [4.69, 9.17) is 4.74 Å². The number of aryl methyl sites for hydroxylation is 1. The monoisotopic (exact) mass is 334 g/mol. The predicted octanol–water partition coefficient (Wildman–Crippen LogP) is 6.24. The van der Waals surface area contributed by atoms with Crippen molar-refractivity contribution in [2.45, 2.75) is 52.9 Å². The van der Waals surface area contributed by atoms with Crippen molar-refractivity contribution in [1.82, 2.24) is 0 Å².